The molecular weight excluding hydrogens is 388 g/mol. The van der Waals surface area contributed by atoms with Gasteiger partial charge in [0.2, 0.25) is 0 Å². The standard InChI is InChI=1S/C18H11BrN2O2S/c1-21-13-8-7-11(19)9-12(13)14(18(21)23)15-16(22)20-17(24-15)10-5-3-2-4-6-10/h2-9H,1H3/b15-14+. The number of rotatable bonds is 1. The molecule has 2 aliphatic heterocycles. The molecule has 2 aliphatic rings. The Morgan fingerprint density at radius 2 is 1.83 bits per heavy atom. The Hall–Kier alpha value is -2.18. The van der Waals surface area contributed by atoms with Gasteiger partial charge < -0.3 is 4.90 Å². The summed E-state index contributed by atoms with van der Waals surface area (Å²) in [5, 5.41) is 0.627. The molecule has 118 valence electrons. The molecule has 0 N–H and O–H groups in total. The van der Waals surface area contributed by atoms with Gasteiger partial charge in [0.1, 0.15) is 5.04 Å². The predicted octanol–water partition coefficient (Wildman–Crippen LogP) is 3.86. The molecule has 0 bridgehead atoms. The first-order valence-corrected chi connectivity index (χ1v) is 8.86. The van der Waals surface area contributed by atoms with E-state index in [2.05, 4.69) is 20.9 Å². The Bertz CT molecular complexity index is 951. The van der Waals surface area contributed by atoms with Crippen molar-refractivity contribution < 1.29 is 9.59 Å². The highest BCUT2D eigenvalue weighted by Crippen LogP contribution is 2.44. The Kier molecular flexibility index (Phi) is 3.66. The first-order chi connectivity index (χ1) is 11.6. The number of amides is 2. The number of hydrogen-bond donors (Lipinski definition) is 0. The summed E-state index contributed by atoms with van der Waals surface area (Å²) in [6.45, 7) is 0. The maximum atomic E-state index is 12.7. The lowest BCUT2D eigenvalue weighted by Gasteiger charge is -2.08. The van der Waals surface area contributed by atoms with Crippen LogP contribution < -0.4 is 4.90 Å². The SMILES string of the molecule is CN1C(=O)/C(=C2/SC(c3ccccc3)=NC2=O)c2cc(Br)ccc21. The average Bonchev–Trinajstić information content (AvgIpc) is 3.07. The number of benzene rings is 2. The summed E-state index contributed by atoms with van der Waals surface area (Å²) in [7, 11) is 1.71. The molecule has 0 aromatic heterocycles. The van der Waals surface area contributed by atoms with Crippen LogP contribution in [0.1, 0.15) is 11.1 Å². The predicted molar refractivity (Wildman–Crippen MR) is 100 cm³/mol. The van der Waals surface area contributed by atoms with Crippen LogP contribution in [0.2, 0.25) is 0 Å². The van der Waals surface area contributed by atoms with Gasteiger partial charge in [-0.25, -0.2) is 4.99 Å². The molecule has 0 aliphatic carbocycles. The summed E-state index contributed by atoms with van der Waals surface area (Å²) in [6.07, 6.45) is 0. The van der Waals surface area contributed by atoms with Gasteiger partial charge in [-0.15, -0.1) is 0 Å². The Balaban J connectivity index is 1.83. The lowest BCUT2D eigenvalue weighted by molar-refractivity contribution is -0.115. The van der Waals surface area contributed by atoms with E-state index in [0.717, 1.165) is 21.3 Å². The van der Waals surface area contributed by atoms with Gasteiger partial charge in [0.25, 0.3) is 11.8 Å². The Morgan fingerprint density at radius 1 is 1.08 bits per heavy atom. The molecular formula is C18H11BrN2O2S. The maximum Gasteiger partial charge on any atom is 0.285 e. The van der Waals surface area contributed by atoms with Gasteiger partial charge in [-0.05, 0) is 18.2 Å². The van der Waals surface area contributed by atoms with Gasteiger partial charge in [-0.2, -0.15) is 0 Å². The molecule has 4 nitrogen and oxygen atoms in total. The Morgan fingerprint density at radius 3 is 2.58 bits per heavy atom. The van der Waals surface area contributed by atoms with Crippen LogP contribution >= 0.6 is 27.7 Å². The van der Waals surface area contributed by atoms with Crippen molar-refractivity contribution in [1.82, 2.24) is 0 Å². The highest BCUT2D eigenvalue weighted by Gasteiger charge is 2.37. The zero-order valence-corrected chi connectivity index (χ0v) is 15.0. The van der Waals surface area contributed by atoms with Crippen LogP contribution in [0.25, 0.3) is 5.57 Å². The van der Waals surface area contributed by atoms with Crippen molar-refractivity contribution in [1.29, 1.82) is 0 Å². The number of hydrogen-bond acceptors (Lipinski definition) is 3. The molecule has 2 aromatic carbocycles. The van der Waals surface area contributed by atoms with E-state index in [9.17, 15) is 9.59 Å². The number of carbonyl (C=O) groups is 2. The van der Waals surface area contributed by atoms with E-state index in [1.807, 2.05) is 48.5 Å². The molecule has 0 atom stereocenters. The molecule has 4 rings (SSSR count). The van der Waals surface area contributed by atoms with E-state index in [0.29, 0.717) is 15.5 Å². The third kappa shape index (κ3) is 2.34. The summed E-state index contributed by atoms with van der Waals surface area (Å²) in [5.41, 5.74) is 2.86. The lowest BCUT2D eigenvalue weighted by atomic mass is 10.1. The van der Waals surface area contributed by atoms with E-state index in [4.69, 9.17) is 0 Å². The third-order valence-corrected chi connectivity index (χ3v) is 5.55. The Labute approximate surface area is 151 Å². The summed E-state index contributed by atoms with van der Waals surface area (Å²) in [6, 6.07) is 15.1. The fourth-order valence-electron chi connectivity index (χ4n) is 2.78. The number of anilines is 1. The van der Waals surface area contributed by atoms with Crippen molar-refractivity contribution in [3.05, 3.63) is 69.0 Å². The second-order valence-corrected chi connectivity index (χ2v) is 7.33. The number of nitrogens with zero attached hydrogens (tertiary/aromatic N) is 2. The molecule has 2 aromatic rings. The number of aliphatic imine (C=N–C) groups is 1. The van der Waals surface area contributed by atoms with Crippen LogP contribution in [0, 0.1) is 0 Å². The minimum atomic E-state index is -0.358. The van der Waals surface area contributed by atoms with Gasteiger partial charge in [-0.1, -0.05) is 58.0 Å². The monoisotopic (exact) mass is 398 g/mol. The first kappa shape index (κ1) is 15.4. The van der Waals surface area contributed by atoms with Crippen LogP contribution in [0.4, 0.5) is 5.69 Å². The van der Waals surface area contributed by atoms with Crippen LogP contribution in [0.15, 0.2) is 62.9 Å². The van der Waals surface area contributed by atoms with Crippen molar-refractivity contribution in [2.24, 2.45) is 4.99 Å². The summed E-state index contributed by atoms with van der Waals surface area (Å²) in [4.78, 5) is 31.2. The zero-order valence-electron chi connectivity index (χ0n) is 12.6. The van der Waals surface area contributed by atoms with Gasteiger partial charge in [-0.3, -0.25) is 9.59 Å². The van der Waals surface area contributed by atoms with Gasteiger partial charge in [0.05, 0.1) is 16.2 Å². The van der Waals surface area contributed by atoms with Gasteiger partial charge in [0, 0.05) is 22.6 Å². The van der Waals surface area contributed by atoms with E-state index in [1.165, 1.54) is 11.8 Å². The highest BCUT2D eigenvalue weighted by atomic mass is 79.9. The molecule has 2 amide bonds. The number of thioether (sulfide) groups is 1. The van der Waals surface area contributed by atoms with E-state index in [-0.39, 0.29) is 11.8 Å². The van der Waals surface area contributed by atoms with Gasteiger partial charge in [0.15, 0.2) is 0 Å². The third-order valence-electron chi connectivity index (χ3n) is 3.95. The normalized spacial score (nSPS) is 19.8. The topological polar surface area (TPSA) is 49.7 Å². The quantitative estimate of drug-likeness (QED) is 0.685. The summed E-state index contributed by atoms with van der Waals surface area (Å²) < 4.78 is 0.863. The van der Waals surface area contributed by atoms with Crippen molar-refractivity contribution in [2.75, 3.05) is 11.9 Å². The fraction of sp³-hybridized carbons (Fsp3) is 0.0556. The summed E-state index contributed by atoms with van der Waals surface area (Å²) >= 11 is 4.69. The number of halogens is 1. The number of carbonyl (C=O) groups excluding carboxylic acids is 2. The van der Waals surface area contributed by atoms with Crippen molar-refractivity contribution in [2.45, 2.75) is 0 Å². The van der Waals surface area contributed by atoms with E-state index in [1.54, 1.807) is 11.9 Å². The van der Waals surface area contributed by atoms with E-state index < -0.39 is 0 Å². The number of fused-ring (bicyclic) bond motifs is 1. The first-order valence-electron chi connectivity index (χ1n) is 7.25. The smallest absolute Gasteiger partial charge is 0.285 e. The number of likely N-dealkylation sites (N-methyl/N-ethyl adjacent to an activating group) is 1. The van der Waals surface area contributed by atoms with Gasteiger partial charge >= 0.3 is 0 Å². The second kappa shape index (κ2) is 5.72. The molecule has 0 saturated heterocycles. The minimum Gasteiger partial charge on any atom is -0.311 e. The van der Waals surface area contributed by atoms with Crippen molar-refractivity contribution in [3.8, 4) is 0 Å². The molecule has 0 fully saturated rings. The van der Waals surface area contributed by atoms with E-state index >= 15 is 0 Å². The molecule has 0 radical (unpaired) electrons. The fourth-order valence-corrected chi connectivity index (χ4v) is 4.15. The molecule has 24 heavy (non-hydrogen) atoms. The molecule has 0 unspecified atom stereocenters. The van der Waals surface area contributed by atoms with Crippen LogP contribution in [0.5, 0.6) is 0 Å². The van der Waals surface area contributed by atoms with Crippen molar-refractivity contribution in [3.63, 3.8) is 0 Å². The molecule has 0 spiro atoms. The van der Waals surface area contributed by atoms with Crippen LogP contribution in [-0.4, -0.2) is 23.9 Å². The average molecular weight is 399 g/mol. The second-order valence-electron chi connectivity index (χ2n) is 5.42. The van der Waals surface area contributed by atoms with Crippen molar-refractivity contribution >= 4 is 55.8 Å². The lowest BCUT2D eigenvalue weighted by Crippen LogP contribution is -2.21. The zero-order chi connectivity index (χ0) is 16.8. The van der Waals surface area contributed by atoms with Crippen LogP contribution in [0.3, 0.4) is 0 Å². The molecule has 2 heterocycles. The molecule has 0 saturated carbocycles. The highest BCUT2D eigenvalue weighted by molar-refractivity contribution is 9.10. The maximum absolute atomic E-state index is 12.7. The summed E-state index contributed by atoms with van der Waals surface area (Å²) in [5.74, 6) is -0.535. The largest absolute Gasteiger partial charge is 0.311 e. The molecule has 6 heteroatoms. The van der Waals surface area contributed by atoms with Crippen LogP contribution in [-0.2, 0) is 9.59 Å². The minimum absolute atomic E-state index is 0.177.